The molecule has 1 aliphatic rings. The highest BCUT2D eigenvalue weighted by molar-refractivity contribution is 7.99. The molecular weight excluding hydrogens is 375 g/mol. The SMILES string of the molecule is CC(C)(C)OC(=O)N1[C@H](CSc2nnc(C(F)(F)F)n2N)COC1(C)C. The Morgan fingerprint density at radius 3 is 2.50 bits per heavy atom. The molecule has 0 aliphatic carbocycles. The Morgan fingerprint density at radius 2 is 2.00 bits per heavy atom. The fourth-order valence-electron chi connectivity index (χ4n) is 2.43. The molecule has 148 valence electrons. The van der Waals surface area contributed by atoms with Gasteiger partial charge in [0, 0.05) is 5.75 Å². The molecule has 1 atom stereocenters. The summed E-state index contributed by atoms with van der Waals surface area (Å²) >= 11 is 0.956. The zero-order valence-corrected chi connectivity index (χ0v) is 15.9. The van der Waals surface area contributed by atoms with Crippen molar-refractivity contribution in [1.29, 1.82) is 0 Å². The van der Waals surface area contributed by atoms with Gasteiger partial charge in [-0.25, -0.2) is 9.47 Å². The van der Waals surface area contributed by atoms with Crippen LogP contribution in [0.1, 0.15) is 40.4 Å². The first-order valence-corrected chi connectivity index (χ1v) is 8.78. The summed E-state index contributed by atoms with van der Waals surface area (Å²) in [4.78, 5) is 13.9. The Bertz CT molecular complexity index is 672. The van der Waals surface area contributed by atoms with Gasteiger partial charge in [-0.1, -0.05) is 11.8 Å². The van der Waals surface area contributed by atoms with Crippen LogP contribution in [0, 0.1) is 0 Å². The second-order valence-electron chi connectivity index (χ2n) is 7.25. The number of rotatable bonds is 3. The van der Waals surface area contributed by atoms with E-state index in [0.717, 1.165) is 11.8 Å². The van der Waals surface area contributed by atoms with E-state index in [1.54, 1.807) is 34.6 Å². The Kier molecular flexibility index (Phi) is 5.39. The number of nitrogens with two attached hydrogens (primary N) is 1. The van der Waals surface area contributed by atoms with E-state index in [-0.39, 0.29) is 17.5 Å². The van der Waals surface area contributed by atoms with E-state index in [1.165, 1.54) is 4.90 Å². The summed E-state index contributed by atoms with van der Waals surface area (Å²) in [6.07, 6.45) is -5.25. The number of halogens is 3. The molecule has 0 bridgehead atoms. The number of thioether (sulfide) groups is 1. The molecule has 1 fully saturated rings. The van der Waals surface area contributed by atoms with Gasteiger partial charge in [0.25, 0.3) is 5.82 Å². The van der Waals surface area contributed by atoms with Crippen LogP contribution in [-0.4, -0.2) is 55.6 Å². The minimum Gasteiger partial charge on any atom is -0.444 e. The molecule has 0 spiro atoms. The lowest BCUT2D eigenvalue weighted by Gasteiger charge is -2.35. The standard InChI is InChI=1S/C14H22F3N5O3S/c1-12(2,3)25-11(23)21-8(6-24-13(21,4)5)7-26-10-20-19-9(22(10)18)14(15,16)17/h8H,6-7,18H2,1-5H3/t8-/m0/s1. The van der Waals surface area contributed by atoms with Gasteiger partial charge in [-0.3, -0.25) is 4.90 Å². The summed E-state index contributed by atoms with van der Waals surface area (Å²) in [6, 6.07) is -0.420. The third-order valence-electron chi connectivity index (χ3n) is 3.49. The molecule has 2 rings (SSSR count). The summed E-state index contributed by atoms with van der Waals surface area (Å²) in [5, 5.41) is 6.43. The predicted molar refractivity (Wildman–Crippen MR) is 87.8 cm³/mol. The normalized spacial score (nSPS) is 20.5. The predicted octanol–water partition coefficient (Wildman–Crippen LogP) is 2.47. The highest BCUT2D eigenvalue weighted by Crippen LogP contribution is 2.33. The number of hydrogen-bond acceptors (Lipinski definition) is 7. The van der Waals surface area contributed by atoms with Crippen LogP contribution < -0.4 is 5.84 Å². The van der Waals surface area contributed by atoms with Crippen molar-refractivity contribution in [2.45, 2.75) is 63.3 Å². The van der Waals surface area contributed by atoms with Crippen molar-refractivity contribution in [3.05, 3.63) is 5.82 Å². The van der Waals surface area contributed by atoms with Crippen LogP contribution in [0.3, 0.4) is 0 Å². The summed E-state index contributed by atoms with van der Waals surface area (Å²) in [6.45, 7) is 8.88. The third kappa shape index (κ3) is 4.53. The van der Waals surface area contributed by atoms with Gasteiger partial charge in [-0.15, -0.1) is 10.2 Å². The van der Waals surface area contributed by atoms with Crippen LogP contribution in [0.25, 0.3) is 0 Å². The van der Waals surface area contributed by atoms with Crippen LogP contribution >= 0.6 is 11.8 Å². The Hall–Kier alpha value is -1.69. The average Bonchev–Trinajstić information content (AvgIpc) is 2.94. The summed E-state index contributed by atoms with van der Waals surface area (Å²) in [5.41, 5.74) is -1.59. The molecule has 1 amide bonds. The van der Waals surface area contributed by atoms with Gasteiger partial charge in [0.2, 0.25) is 5.16 Å². The number of ether oxygens (including phenoxy) is 2. The molecule has 0 unspecified atom stereocenters. The summed E-state index contributed by atoms with van der Waals surface area (Å²) in [5.74, 6) is 4.35. The second-order valence-corrected chi connectivity index (χ2v) is 8.23. The number of hydrogen-bond donors (Lipinski definition) is 1. The van der Waals surface area contributed by atoms with E-state index in [9.17, 15) is 18.0 Å². The lowest BCUT2D eigenvalue weighted by Crippen LogP contribution is -2.50. The molecule has 1 aromatic heterocycles. The topological polar surface area (TPSA) is 95.5 Å². The number of nitrogen functional groups attached to an aromatic ring is 1. The van der Waals surface area contributed by atoms with E-state index in [2.05, 4.69) is 10.2 Å². The quantitative estimate of drug-likeness (QED) is 0.618. The van der Waals surface area contributed by atoms with Gasteiger partial charge < -0.3 is 15.3 Å². The molecule has 1 saturated heterocycles. The molecule has 0 saturated carbocycles. The second kappa shape index (κ2) is 6.80. The van der Waals surface area contributed by atoms with Crippen molar-refractivity contribution >= 4 is 17.9 Å². The maximum absolute atomic E-state index is 12.7. The van der Waals surface area contributed by atoms with Crippen molar-refractivity contribution in [2.75, 3.05) is 18.2 Å². The number of nitrogens with zero attached hydrogens (tertiary/aromatic N) is 4. The molecule has 26 heavy (non-hydrogen) atoms. The molecule has 0 aromatic carbocycles. The van der Waals surface area contributed by atoms with E-state index in [4.69, 9.17) is 15.3 Å². The molecule has 1 aromatic rings. The number of alkyl halides is 3. The van der Waals surface area contributed by atoms with Crippen LogP contribution in [0.4, 0.5) is 18.0 Å². The highest BCUT2D eigenvalue weighted by Gasteiger charge is 2.46. The molecule has 0 radical (unpaired) electrons. The fraction of sp³-hybridized carbons (Fsp3) is 0.786. The van der Waals surface area contributed by atoms with Gasteiger partial charge in [0.05, 0.1) is 12.6 Å². The highest BCUT2D eigenvalue weighted by atomic mass is 32.2. The van der Waals surface area contributed by atoms with E-state index >= 15 is 0 Å². The van der Waals surface area contributed by atoms with Crippen molar-refractivity contribution in [3.8, 4) is 0 Å². The maximum Gasteiger partial charge on any atom is 0.453 e. The lowest BCUT2D eigenvalue weighted by molar-refractivity contribution is -0.146. The molecule has 1 aliphatic heterocycles. The van der Waals surface area contributed by atoms with Crippen LogP contribution in [0.5, 0.6) is 0 Å². The molecule has 2 heterocycles. The van der Waals surface area contributed by atoms with Crippen molar-refractivity contribution in [1.82, 2.24) is 19.8 Å². The van der Waals surface area contributed by atoms with Gasteiger partial charge in [-0.2, -0.15) is 13.2 Å². The number of aromatic nitrogens is 3. The van der Waals surface area contributed by atoms with Gasteiger partial charge in [0.1, 0.15) is 11.3 Å². The zero-order chi connectivity index (χ0) is 19.9. The molecule has 2 N–H and O–H groups in total. The first-order valence-electron chi connectivity index (χ1n) is 7.79. The maximum atomic E-state index is 12.7. The monoisotopic (exact) mass is 397 g/mol. The van der Waals surface area contributed by atoms with Crippen LogP contribution in [0.2, 0.25) is 0 Å². The minimum atomic E-state index is -4.69. The largest absolute Gasteiger partial charge is 0.453 e. The first-order chi connectivity index (χ1) is 11.7. The summed E-state index contributed by atoms with van der Waals surface area (Å²) < 4.78 is 49.6. The van der Waals surface area contributed by atoms with Crippen molar-refractivity contribution in [2.24, 2.45) is 0 Å². The number of amides is 1. The van der Waals surface area contributed by atoms with Crippen LogP contribution in [-0.2, 0) is 15.7 Å². The van der Waals surface area contributed by atoms with Gasteiger partial charge >= 0.3 is 12.3 Å². The number of carbonyl (C=O) groups is 1. The number of carbonyl (C=O) groups excluding carboxylic acids is 1. The lowest BCUT2D eigenvalue weighted by atomic mass is 10.2. The molecular formula is C14H22F3N5O3S. The van der Waals surface area contributed by atoms with Crippen molar-refractivity contribution < 1.29 is 27.4 Å². The zero-order valence-electron chi connectivity index (χ0n) is 15.1. The fourth-order valence-corrected chi connectivity index (χ4v) is 3.34. The van der Waals surface area contributed by atoms with E-state index in [0.29, 0.717) is 4.68 Å². The Labute approximate surface area is 153 Å². The third-order valence-corrected chi connectivity index (χ3v) is 4.58. The molecule has 12 heteroatoms. The van der Waals surface area contributed by atoms with Crippen molar-refractivity contribution in [3.63, 3.8) is 0 Å². The van der Waals surface area contributed by atoms with Crippen LogP contribution in [0.15, 0.2) is 5.16 Å². The Morgan fingerprint density at radius 1 is 1.38 bits per heavy atom. The van der Waals surface area contributed by atoms with E-state index in [1.807, 2.05) is 0 Å². The smallest absolute Gasteiger partial charge is 0.444 e. The minimum absolute atomic E-state index is 0.105. The Balaban J connectivity index is 2.11. The molecule has 8 nitrogen and oxygen atoms in total. The van der Waals surface area contributed by atoms with Gasteiger partial charge in [0.15, 0.2) is 0 Å². The summed E-state index contributed by atoms with van der Waals surface area (Å²) in [7, 11) is 0. The average molecular weight is 397 g/mol. The van der Waals surface area contributed by atoms with Gasteiger partial charge in [-0.05, 0) is 34.6 Å². The first kappa shape index (κ1) is 20.6. The van der Waals surface area contributed by atoms with E-state index < -0.39 is 35.5 Å².